The number of amides is 2. The third kappa shape index (κ3) is 8.81. The third-order valence-corrected chi connectivity index (χ3v) is 5.77. The Hall–Kier alpha value is -2.99. The molecule has 1 unspecified atom stereocenters. The van der Waals surface area contributed by atoms with E-state index < -0.39 is 0 Å². The summed E-state index contributed by atoms with van der Waals surface area (Å²) in [5.41, 5.74) is 5.61. The van der Waals surface area contributed by atoms with Crippen molar-refractivity contribution in [1.82, 2.24) is 15.6 Å². The molecule has 2 N–H and O–H groups in total. The van der Waals surface area contributed by atoms with Crippen molar-refractivity contribution >= 4 is 18.0 Å². The summed E-state index contributed by atoms with van der Waals surface area (Å²) in [5.74, 6) is 0.323. The Morgan fingerprint density at radius 1 is 0.970 bits per heavy atom. The monoisotopic (exact) mass is 450 g/mol. The molecule has 6 heteroatoms. The van der Waals surface area contributed by atoms with Gasteiger partial charge in [0.1, 0.15) is 0 Å². The molecule has 2 amide bonds. The highest BCUT2D eigenvalue weighted by Crippen LogP contribution is 2.14. The Morgan fingerprint density at radius 2 is 1.64 bits per heavy atom. The number of rotatable bonds is 13. The van der Waals surface area contributed by atoms with Gasteiger partial charge in [0.05, 0.1) is 12.3 Å². The molecule has 1 atom stereocenters. The van der Waals surface area contributed by atoms with E-state index in [1.54, 1.807) is 18.3 Å². The lowest BCUT2D eigenvalue weighted by atomic mass is 10.0. The molecule has 0 bridgehead atoms. The van der Waals surface area contributed by atoms with Crippen molar-refractivity contribution in [2.24, 2.45) is 5.10 Å². The second-order valence-corrected chi connectivity index (χ2v) is 8.41. The molecular formula is C27H38N4O2. The smallest absolute Gasteiger partial charge is 0.257 e. The molecule has 2 aromatic carbocycles. The van der Waals surface area contributed by atoms with Gasteiger partial charge in [-0.15, -0.1) is 0 Å². The van der Waals surface area contributed by atoms with Crippen LogP contribution in [0, 0.1) is 0 Å². The lowest BCUT2D eigenvalue weighted by molar-refractivity contribution is -0.126. The van der Waals surface area contributed by atoms with Crippen molar-refractivity contribution < 1.29 is 9.59 Å². The van der Waals surface area contributed by atoms with Crippen molar-refractivity contribution in [3.8, 4) is 0 Å². The van der Waals surface area contributed by atoms with Crippen LogP contribution in [0.3, 0.4) is 0 Å². The molecule has 0 heterocycles. The Bertz CT molecular complexity index is 875. The number of nitrogens with zero attached hydrogens (tertiary/aromatic N) is 2. The van der Waals surface area contributed by atoms with Crippen molar-refractivity contribution in [2.75, 3.05) is 19.6 Å². The van der Waals surface area contributed by atoms with Gasteiger partial charge in [0.25, 0.3) is 11.8 Å². The van der Waals surface area contributed by atoms with Crippen LogP contribution >= 0.6 is 0 Å². The fourth-order valence-corrected chi connectivity index (χ4v) is 3.71. The Labute approximate surface area is 198 Å². The van der Waals surface area contributed by atoms with E-state index in [0.717, 1.165) is 31.5 Å². The highest BCUT2D eigenvalue weighted by atomic mass is 16.2. The van der Waals surface area contributed by atoms with Crippen LogP contribution < -0.4 is 10.7 Å². The first kappa shape index (κ1) is 26.3. The summed E-state index contributed by atoms with van der Waals surface area (Å²) < 4.78 is 0. The van der Waals surface area contributed by atoms with Gasteiger partial charge in [0, 0.05) is 12.1 Å². The molecule has 2 rings (SSSR count). The van der Waals surface area contributed by atoms with Gasteiger partial charge >= 0.3 is 0 Å². The van der Waals surface area contributed by atoms with Gasteiger partial charge in [-0.3, -0.25) is 14.5 Å². The zero-order valence-electron chi connectivity index (χ0n) is 20.4. The van der Waals surface area contributed by atoms with Crippen LogP contribution in [-0.2, 0) is 4.79 Å². The number of unbranched alkanes of at least 4 members (excludes halogenated alkanes) is 1. The van der Waals surface area contributed by atoms with E-state index in [4.69, 9.17) is 0 Å². The summed E-state index contributed by atoms with van der Waals surface area (Å²) in [6, 6.07) is 17.1. The molecule has 0 saturated heterocycles. The van der Waals surface area contributed by atoms with E-state index in [0.29, 0.717) is 24.4 Å². The second kappa shape index (κ2) is 14.2. The number of likely N-dealkylation sites (N-methyl/N-ethyl adjacent to an activating group) is 1. The van der Waals surface area contributed by atoms with Crippen LogP contribution in [0.2, 0.25) is 0 Å². The van der Waals surface area contributed by atoms with Gasteiger partial charge < -0.3 is 5.32 Å². The van der Waals surface area contributed by atoms with Gasteiger partial charge in [-0.25, -0.2) is 5.43 Å². The van der Waals surface area contributed by atoms with E-state index in [1.807, 2.05) is 30.3 Å². The van der Waals surface area contributed by atoms with Crippen LogP contribution in [-0.4, -0.2) is 48.6 Å². The minimum Gasteiger partial charge on any atom is -0.352 e. The molecule has 2 aromatic rings. The number of nitrogens with one attached hydrogen (secondary N) is 2. The summed E-state index contributed by atoms with van der Waals surface area (Å²) in [6.07, 6.45) is 4.05. The maximum atomic E-state index is 12.9. The first-order valence-electron chi connectivity index (χ1n) is 12.0. The van der Waals surface area contributed by atoms with E-state index in [1.165, 1.54) is 5.56 Å². The van der Waals surface area contributed by atoms with Crippen LogP contribution in [0.4, 0.5) is 0 Å². The lowest BCUT2D eigenvalue weighted by Gasteiger charge is -2.28. The first-order chi connectivity index (χ1) is 16.0. The van der Waals surface area contributed by atoms with Gasteiger partial charge in [-0.05, 0) is 61.5 Å². The minimum atomic E-state index is -0.245. The summed E-state index contributed by atoms with van der Waals surface area (Å²) >= 11 is 0. The van der Waals surface area contributed by atoms with E-state index in [9.17, 15) is 9.59 Å². The number of hydrogen-bond acceptors (Lipinski definition) is 4. The fraction of sp³-hybridized carbons (Fsp3) is 0.444. The van der Waals surface area contributed by atoms with Gasteiger partial charge in [0.15, 0.2) is 0 Å². The molecule has 6 nitrogen and oxygen atoms in total. The number of carbonyl (C=O) groups excluding carboxylic acids is 2. The number of hydrogen-bond donors (Lipinski definition) is 2. The van der Waals surface area contributed by atoms with Crippen molar-refractivity contribution in [1.29, 1.82) is 0 Å². The Morgan fingerprint density at radius 3 is 2.24 bits per heavy atom. The maximum absolute atomic E-state index is 12.9. The highest BCUT2D eigenvalue weighted by Gasteiger charge is 2.23. The molecular weight excluding hydrogens is 412 g/mol. The van der Waals surface area contributed by atoms with Gasteiger partial charge in [0.2, 0.25) is 0 Å². The normalized spacial score (nSPS) is 12.3. The van der Waals surface area contributed by atoms with Crippen LogP contribution in [0.25, 0.3) is 0 Å². The maximum Gasteiger partial charge on any atom is 0.257 e. The number of benzene rings is 2. The molecule has 0 aliphatic rings. The predicted octanol–water partition coefficient (Wildman–Crippen LogP) is 4.57. The number of carbonyl (C=O) groups is 2. The quantitative estimate of drug-likeness (QED) is 0.267. The zero-order valence-corrected chi connectivity index (χ0v) is 20.4. The van der Waals surface area contributed by atoms with E-state index >= 15 is 0 Å². The zero-order chi connectivity index (χ0) is 24.1. The minimum absolute atomic E-state index is 0.0654. The lowest BCUT2D eigenvalue weighted by Crippen LogP contribution is -2.45. The standard InChI is InChI=1S/C27H38N4O2/c1-5-31(6-2)25(14-10-11-19-28-26(32)24-12-8-7-9-13-24)27(33)30-29-20-22-15-17-23(18-16-22)21(3)4/h7-9,12-13,15-18,20-21,25H,5-6,10-11,14,19H2,1-4H3,(H,28,32)(H,30,33). The van der Waals surface area contributed by atoms with E-state index in [-0.39, 0.29) is 17.9 Å². The van der Waals surface area contributed by atoms with Crippen molar-refractivity contribution in [3.05, 3.63) is 71.3 Å². The molecule has 0 aromatic heterocycles. The molecule has 0 spiro atoms. The molecule has 178 valence electrons. The predicted molar refractivity (Wildman–Crippen MR) is 136 cm³/mol. The van der Waals surface area contributed by atoms with Crippen LogP contribution in [0.5, 0.6) is 0 Å². The summed E-state index contributed by atoms with van der Waals surface area (Å²) in [5, 5.41) is 7.13. The van der Waals surface area contributed by atoms with Gasteiger partial charge in [-0.2, -0.15) is 5.10 Å². The molecule has 0 aliphatic heterocycles. The van der Waals surface area contributed by atoms with Crippen LogP contribution in [0.1, 0.15) is 74.4 Å². The second-order valence-electron chi connectivity index (χ2n) is 8.41. The Balaban J connectivity index is 1.83. The Kier molecular flexibility index (Phi) is 11.3. The summed E-state index contributed by atoms with van der Waals surface area (Å²) in [7, 11) is 0. The largest absolute Gasteiger partial charge is 0.352 e. The summed E-state index contributed by atoms with van der Waals surface area (Å²) in [6.45, 7) is 10.6. The molecule has 0 radical (unpaired) electrons. The average Bonchev–Trinajstić information content (AvgIpc) is 2.84. The fourth-order valence-electron chi connectivity index (χ4n) is 3.71. The van der Waals surface area contributed by atoms with E-state index in [2.05, 4.69) is 60.6 Å². The third-order valence-electron chi connectivity index (χ3n) is 5.77. The SMILES string of the molecule is CCN(CC)C(CCCCNC(=O)c1ccccc1)C(=O)NN=Cc1ccc(C(C)C)cc1. The van der Waals surface area contributed by atoms with Crippen LogP contribution in [0.15, 0.2) is 59.7 Å². The molecule has 0 fully saturated rings. The number of hydrazone groups is 1. The highest BCUT2D eigenvalue weighted by molar-refractivity contribution is 5.94. The topological polar surface area (TPSA) is 73.8 Å². The summed E-state index contributed by atoms with van der Waals surface area (Å²) in [4.78, 5) is 27.1. The molecule has 33 heavy (non-hydrogen) atoms. The van der Waals surface area contributed by atoms with Crippen molar-refractivity contribution in [2.45, 2.75) is 58.9 Å². The van der Waals surface area contributed by atoms with Gasteiger partial charge in [-0.1, -0.05) is 70.2 Å². The molecule has 0 aliphatic carbocycles. The van der Waals surface area contributed by atoms with Crippen molar-refractivity contribution in [3.63, 3.8) is 0 Å². The first-order valence-corrected chi connectivity index (χ1v) is 12.0. The average molecular weight is 451 g/mol. The molecule has 0 saturated carbocycles.